The highest BCUT2D eigenvalue weighted by atomic mass is 32.1. The highest BCUT2D eigenvalue weighted by Crippen LogP contribution is 2.44. The van der Waals surface area contributed by atoms with Gasteiger partial charge in [0.05, 0.1) is 12.2 Å². The molecule has 2 amide bonds. The molecule has 3 aromatic rings. The Morgan fingerprint density at radius 3 is 2.29 bits per heavy atom. The number of hydrogen-bond acceptors (Lipinski definition) is 6. The van der Waals surface area contributed by atoms with Crippen LogP contribution in [0, 0.1) is 6.92 Å². The Morgan fingerprint density at radius 2 is 1.71 bits per heavy atom. The van der Waals surface area contributed by atoms with Crippen LogP contribution >= 0.6 is 11.3 Å². The third-order valence-corrected chi connectivity index (χ3v) is 7.12. The van der Waals surface area contributed by atoms with E-state index in [4.69, 9.17) is 4.74 Å². The average Bonchev–Trinajstić information content (AvgIpc) is 3.38. The number of carboxylic acids is 1. The molecule has 0 unspecified atom stereocenters. The Labute approximate surface area is 207 Å². The zero-order valence-electron chi connectivity index (χ0n) is 19.5. The van der Waals surface area contributed by atoms with E-state index in [1.165, 1.54) is 0 Å². The molecule has 1 heterocycles. The second-order valence-electron chi connectivity index (χ2n) is 8.36. The average molecular weight is 494 g/mol. The van der Waals surface area contributed by atoms with Crippen molar-refractivity contribution in [1.29, 1.82) is 0 Å². The standard InChI is InChI=1S/C26H27N3O5S/c1-3-8-21(24(30)27-13-22-28-15(2)23(35-22)25(31)32)29-26(33)34-14-20-18-11-6-4-9-16(18)17-10-5-7-12-19(17)20/h4-7,9-12,20-21H,3,8,13-14H2,1-2H3,(H,27,30)(H,29,33)(H,31,32)/t21-/m1/s1. The van der Waals surface area contributed by atoms with Gasteiger partial charge in [-0.3, -0.25) is 4.79 Å². The maximum absolute atomic E-state index is 12.7. The number of aryl methyl sites for hydroxylation is 1. The molecule has 1 aromatic heterocycles. The Hall–Kier alpha value is -3.72. The van der Waals surface area contributed by atoms with Gasteiger partial charge in [-0.15, -0.1) is 11.3 Å². The fourth-order valence-corrected chi connectivity index (χ4v) is 5.20. The summed E-state index contributed by atoms with van der Waals surface area (Å²) in [6.07, 6.45) is 0.466. The van der Waals surface area contributed by atoms with Crippen molar-refractivity contribution in [3.8, 4) is 11.1 Å². The molecule has 0 saturated carbocycles. The van der Waals surface area contributed by atoms with Gasteiger partial charge < -0.3 is 20.5 Å². The highest BCUT2D eigenvalue weighted by molar-refractivity contribution is 7.13. The lowest BCUT2D eigenvalue weighted by Gasteiger charge is -2.19. The molecular formula is C26H27N3O5S. The van der Waals surface area contributed by atoms with E-state index in [2.05, 4.69) is 27.8 Å². The third kappa shape index (κ3) is 5.35. The van der Waals surface area contributed by atoms with Gasteiger partial charge in [-0.05, 0) is 35.6 Å². The highest BCUT2D eigenvalue weighted by Gasteiger charge is 2.29. The van der Waals surface area contributed by atoms with Gasteiger partial charge in [-0.25, -0.2) is 14.6 Å². The second-order valence-corrected chi connectivity index (χ2v) is 9.44. The summed E-state index contributed by atoms with van der Waals surface area (Å²) in [5.74, 6) is -1.48. The zero-order chi connectivity index (χ0) is 24.9. The first-order valence-corrected chi connectivity index (χ1v) is 12.3. The number of carbonyl (C=O) groups excluding carboxylic acids is 2. The second kappa shape index (κ2) is 10.7. The van der Waals surface area contributed by atoms with Crippen LogP contribution in [-0.2, 0) is 16.1 Å². The van der Waals surface area contributed by atoms with Crippen LogP contribution in [0.4, 0.5) is 4.79 Å². The molecule has 0 radical (unpaired) electrons. The summed E-state index contributed by atoms with van der Waals surface area (Å²) >= 11 is 1.02. The number of hydrogen-bond donors (Lipinski definition) is 3. The van der Waals surface area contributed by atoms with E-state index in [0.717, 1.165) is 33.6 Å². The van der Waals surface area contributed by atoms with Gasteiger partial charge >= 0.3 is 12.1 Å². The largest absolute Gasteiger partial charge is 0.477 e. The lowest BCUT2D eigenvalue weighted by atomic mass is 9.98. The minimum Gasteiger partial charge on any atom is -0.477 e. The number of nitrogens with one attached hydrogen (secondary N) is 2. The van der Waals surface area contributed by atoms with E-state index in [1.54, 1.807) is 6.92 Å². The van der Waals surface area contributed by atoms with Gasteiger partial charge in [0.2, 0.25) is 5.91 Å². The number of nitrogens with zero attached hydrogens (tertiary/aromatic N) is 1. The summed E-state index contributed by atoms with van der Waals surface area (Å²) in [5, 5.41) is 15.1. The smallest absolute Gasteiger partial charge is 0.407 e. The van der Waals surface area contributed by atoms with Gasteiger partial charge in [-0.1, -0.05) is 61.9 Å². The van der Waals surface area contributed by atoms with Crippen LogP contribution in [0.2, 0.25) is 0 Å². The van der Waals surface area contributed by atoms with Crippen molar-refractivity contribution < 1.29 is 24.2 Å². The quantitative estimate of drug-likeness (QED) is 0.405. The third-order valence-electron chi connectivity index (χ3n) is 5.98. The molecular weight excluding hydrogens is 466 g/mol. The number of amides is 2. The first kappa shape index (κ1) is 24.4. The van der Waals surface area contributed by atoms with E-state index in [1.807, 2.05) is 43.3 Å². The molecule has 8 nitrogen and oxygen atoms in total. The van der Waals surface area contributed by atoms with Gasteiger partial charge in [0.25, 0.3) is 0 Å². The van der Waals surface area contributed by atoms with E-state index in [-0.39, 0.29) is 29.9 Å². The minimum absolute atomic E-state index is 0.0665. The number of rotatable bonds is 9. The first-order chi connectivity index (χ1) is 16.9. The predicted octanol–water partition coefficient (Wildman–Crippen LogP) is 4.47. The van der Waals surface area contributed by atoms with Crippen LogP contribution in [0.5, 0.6) is 0 Å². The lowest BCUT2D eigenvalue weighted by molar-refractivity contribution is -0.123. The number of benzene rings is 2. The number of aromatic nitrogens is 1. The summed E-state index contributed by atoms with van der Waals surface area (Å²) in [6.45, 7) is 3.79. The van der Waals surface area contributed by atoms with Crippen LogP contribution in [0.1, 0.15) is 57.2 Å². The number of carboxylic acid groups (broad SMARTS) is 1. The number of alkyl carbamates (subject to hydrolysis) is 1. The summed E-state index contributed by atoms with van der Waals surface area (Å²) in [5.41, 5.74) is 4.92. The van der Waals surface area contributed by atoms with Gasteiger partial charge in [0.1, 0.15) is 22.5 Å². The van der Waals surface area contributed by atoms with Crippen molar-refractivity contribution in [1.82, 2.24) is 15.6 Å². The summed E-state index contributed by atoms with van der Waals surface area (Å²) in [7, 11) is 0. The molecule has 0 saturated heterocycles. The van der Waals surface area contributed by atoms with Crippen LogP contribution in [0.15, 0.2) is 48.5 Å². The lowest BCUT2D eigenvalue weighted by Crippen LogP contribution is -2.46. The molecule has 2 aromatic carbocycles. The Morgan fingerprint density at radius 1 is 1.09 bits per heavy atom. The Balaban J connectivity index is 1.35. The molecule has 0 fully saturated rings. The van der Waals surface area contributed by atoms with Crippen LogP contribution in [0.25, 0.3) is 11.1 Å². The molecule has 0 bridgehead atoms. The minimum atomic E-state index is -1.04. The summed E-state index contributed by atoms with van der Waals surface area (Å²) in [6, 6.07) is 15.4. The van der Waals surface area contributed by atoms with E-state index in [0.29, 0.717) is 23.5 Å². The topological polar surface area (TPSA) is 118 Å². The number of ether oxygens (including phenoxy) is 1. The van der Waals surface area contributed by atoms with Crippen molar-refractivity contribution >= 4 is 29.3 Å². The van der Waals surface area contributed by atoms with Crippen LogP contribution in [0.3, 0.4) is 0 Å². The van der Waals surface area contributed by atoms with E-state index in [9.17, 15) is 19.5 Å². The first-order valence-electron chi connectivity index (χ1n) is 11.5. The number of carbonyl (C=O) groups is 3. The molecule has 0 aliphatic heterocycles. The maximum Gasteiger partial charge on any atom is 0.407 e. The van der Waals surface area contributed by atoms with Gasteiger partial charge in [0.15, 0.2) is 0 Å². The van der Waals surface area contributed by atoms with E-state index >= 15 is 0 Å². The van der Waals surface area contributed by atoms with Gasteiger partial charge in [-0.2, -0.15) is 0 Å². The Bertz CT molecular complexity index is 1210. The van der Waals surface area contributed by atoms with E-state index < -0.39 is 18.1 Å². The fraction of sp³-hybridized carbons (Fsp3) is 0.308. The number of thiazole rings is 1. The van der Waals surface area contributed by atoms with Crippen molar-refractivity contribution in [3.05, 3.63) is 75.2 Å². The normalized spacial score (nSPS) is 13.0. The van der Waals surface area contributed by atoms with Crippen molar-refractivity contribution in [2.75, 3.05) is 6.61 Å². The van der Waals surface area contributed by atoms with Crippen molar-refractivity contribution in [3.63, 3.8) is 0 Å². The predicted molar refractivity (Wildman–Crippen MR) is 133 cm³/mol. The Kier molecular flexibility index (Phi) is 7.45. The van der Waals surface area contributed by atoms with Crippen molar-refractivity contribution in [2.24, 2.45) is 0 Å². The van der Waals surface area contributed by atoms with Crippen LogP contribution in [-0.4, -0.2) is 40.7 Å². The van der Waals surface area contributed by atoms with Crippen molar-refractivity contribution in [2.45, 2.75) is 45.2 Å². The fourth-order valence-electron chi connectivity index (χ4n) is 4.35. The monoisotopic (exact) mass is 493 g/mol. The summed E-state index contributed by atoms with van der Waals surface area (Å²) < 4.78 is 5.57. The number of fused-ring (bicyclic) bond motifs is 3. The summed E-state index contributed by atoms with van der Waals surface area (Å²) in [4.78, 5) is 40.9. The number of aromatic carboxylic acids is 1. The zero-order valence-corrected chi connectivity index (χ0v) is 20.4. The molecule has 1 atom stereocenters. The molecule has 1 aliphatic carbocycles. The molecule has 4 rings (SSSR count). The molecule has 1 aliphatic rings. The maximum atomic E-state index is 12.7. The van der Waals surface area contributed by atoms with Gasteiger partial charge in [0, 0.05) is 5.92 Å². The molecule has 9 heteroatoms. The van der Waals surface area contributed by atoms with Crippen LogP contribution < -0.4 is 10.6 Å². The molecule has 0 spiro atoms. The molecule has 182 valence electrons. The molecule has 3 N–H and O–H groups in total. The SMILES string of the molecule is CCC[C@@H](NC(=O)OCC1c2ccccc2-c2ccccc21)C(=O)NCc1nc(C)c(C(=O)O)s1. The molecule has 35 heavy (non-hydrogen) atoms.